The Balaban J connectivity index is 2.07. The van der Waals surface area contributed by atoms with Gasteiger partial charge in [0.05, 0.1) is 17.1 Å². The average molecular weight is 404 g/mol. The van der Waals surface area contributed by atoms with Crippen LogP contribution in [-0.2, 0) is 14.8 Å². The second kappa shape index (κ2) is 7.95. The minimum absolute atomic E-state index is 0.246. The number of aryl methyl sites for hydroxylation is 1. The maximum Gasteiger partial charge on any atom is 0.264 e. The van der Waals surface area contributed by atoms with Crippen LogP contribution in [-0.4, -0.2) is 18.8 Å². The zero-order valence-electron chi connectivity index (χ0n) is 16.6. The Morgan fingerprint density at radius 2 is 1.64 bits per heavy atom. The Labute approximate surface area is 166 Å². The van der Waals surface area contributed by atoms with Crippen molar-refractivity contribution < 1.29 is 17.5 Å². The van der Waals surface area contributed by atoms with Crippen LogP contribution in [0.4, 0.5) is 4.39 Å². The normalized spacial score (nSPS) is 20.1. The second-order valence-electron chi connectivity index (χ2n) is 7.67. The van der Waals surface area contributed by atoms with E-state index in [0.717, 1.165) is 11.1 Å². The van der Waals surface area contributed by atoms with Crippen LogP contribution >= 0.6 is 0 Å². The molecule has 0 radical (unpaired) electrons. The van der Waals surface area contributed by atoms with Crippen molar-refractivity contribution in [1.82, 2.24) is 4.31 Å². The van der Waals surface area contributed by atoms with Crippen molar-refractivity contribution >= 4 is 10.0 Å². The fourth-order valence-corrected chi connectivity index (χ4v) is 5.01. The number of halogens is 1. The molecule has 2 aromatic rings. The molecule has 28 heavy (non-hydrogen) atoms. The first-order chi connectivity index (χ1) is 13.2. The van der Waals surface area contributed by atoms with E-state index in [-0.39, 0.29) is 16.6 Å². The summed E-state index contributed by atoms with van der Waals surface area (Å²) in [6, 6.07) is 12.5. The smallest absolute Gasteiger partial charge is 0.264 e. The van der Waals surface area contributed by atoms with E-state index in [1.165, 1.54) is 16.4 Å². The average Bonchev–Trinajstić information content (AvgIpc) is 2.63. The maximum atomic E-state index is 13.4. The highest BCUT2D eigenvalue weighted by molar-refractivity contribution is 7.89. The lowest BCUT2D eigenvalue weighted by atomic mass is 9.93. The molecule has 2 aromatic carbocycles. The lowest BCUT2D eigenvalue weighted by Gasteiger charge is -2.40. The molecule has 0 bridgehead atoms. The van der Waals surface area contributed by atoms with Gasteiger partial charge in [-0.25, -0.2) is 12.8 Å². The number of sulfonamides is 1. The van der Waals surface area contributed by atoms with Gasteiger partial charge in [0.1, 0.15) is 17.7 Å². The number of nitrogens with zero attached hydrogens (tertiary/aromatic N) is 1. The lowest BCUT2D eigenvalue weighted by molar-refractivity contribution is 0.0300. The highest BCUT2D eigenvalue weighted by Crippen LogP contribution is 2.38. The van der Waals surface area contributed by atoms with Gasteiger partial charge in [0.15, 0.2) is 0 Å². The predicted octanol–water partition coefficient (Wildman–Crippen LogP) is 5.17. The summed E-state index contributed by atoms with van der Waals surface area (Å²) < 4.78 is 47.7. The fraction of sp³-hybridized carbons (Fsp3) is 0.364. The van der Waals surface area contributed by atoms with Crippen LogP contribution in [0, 0.1) is 18.7 Å². The summed E-state index contributed by atoms with van der Waals surface area (Å²) in [7, 11) is -3.75. The van der Waals surface area contributed by atoms with Gasteiger partial charge in [0, 0.05) is 0 Å². The van der Waals surface area contributed by atoms with Gasteiger partial charge in [-0.05, 0) is 56.0 Å². The van der Waals surface area contributed by atoms with Crippen molar-refractivity contribution in [1.29, 1.82) is 0 Å². The van der Waals surface area contributed by atoms with E-state index in [4.69, 9.17) is 4.74 Å². The van der Waals surface area contributed by atoms with Gasteiger partial charge in [0.2, 0.25) is 0 Å². The topological polar surface area (TPSA) is 46.6 Å². The van der Waals surface area contributed by atoms with E-state index < -0.39 is 22.2 Å². The molecule has 3 rings (SSSR count). The van der Waals surface area contributed by atoms with Crippen LogP contribution in [0.2, 0.25) is 0 Å². The van der Waals surface area contributed by atoms with Crippen molar-refractivity contribution in [2.45, 2.75) is 51.2 Å². The summed E-state index contributed by atoms with van der Waals surface area (Å²) in [4.78, 5) is 0.246. The van der Waals surface area contributed by atoms with Gasteiger partial charge in [-0.3, -0.25) is 4.31 Å². The quantitative estimate of drug-likeness (QED) is 0.692. The van der Waals surface area contributed by atoms with Crippen LogP contribution < -0.4 is 0 Å². The maximum absolute atomic E-state index is 13.4. The van der Waals surface area contributed by atoms with Gasteiger partial charge >= 0.3 is 0 Å². The lowest BCUT2D eigenvalue weighted by Crippen LogP contribution is -2.44. The van der Waals surface area contributed by atoms with Crippen LogP contribution in [0.5, 0.6) is 0 Å². The highest BCUT2D eigenvalue weighted by atomic mass is 32.2. The molecule has 0 N–H and O–H groups in total. The SMILES string of the molecule is CC1=CN(S(=O)(=O)c2ccc(C)cc2)[C@H](CC(C)C)[C@H](c2ccc(F)cc2)O1. The summed E-state index contributed by atoms with van der Waals surface area (Å²) >= 11 is 0. The van der Waals surface area contributed by atoms with Gasteiger partial charge in [-0.15, -0.1) is 0 Å². The first-order valence-corrected chi connectivity index (χ1v) is 10.8. The third-order valence-electron chi connectivity index (χ3n) is 4.81. The minimum Gasteiger partial charge on any atom is -0.487 e. The molecule has 150 valence electrons. The molecule has 0 unspecified atom stereocenters. The highest BCUT2D eigenvalue weighted by Gasteiger charge is 2.39. The molecule has 2 atom stereocenters. The predicted molar refractivity (Wildman–Crippen MR) is 107 cm³/mol. The van der Waals surface area contributed by atoms with Crippen molar-refractivity contribution in [2.24, 2.45) is 5.92 Å². The molecule has 1 aliphatic rings. The minimum atomic E-state index is -3.75. The standard InChI is InChI=1S/C22H26FNO3S/c1-15(2)13-21-22(18-7-9-19(23)10-8-18)27-17(4)14-24(21)28(25,26)20-11-5-16(3)6-12-20/h5-12,14-15,21-22H,13H2,1-4H3/t21-,22+/m1/s1. The molecule has 0 aromatic heterocycles. The van der Waals surface area contributed by atoms with Gasteiger partial charge in [-0.1, -0.05) is 43.7 Å². The van der Waals surface area contributed by atoms with E-state index in [1.54, 1.807) is 49.5 Å². The van der Waals surface area contributed by atoms with Crippen molar-refractivity contribution in [3.8, 4) is 0 Å². The fourth-order valence-electron chi connectivity index (χ4n) is 3.45. The second-order valence-corrected chi connectivity index (χ2v) is 9.52. The monoisotopic (exact) mass is 403 g/mol. The Morgan fingerprint density at radius 1 is 1.04 bits per heavy atom. The number of benzene rings is 2. The van der Waals surface area contributed by atoms with Crippen LogP contribution in [0.15, 0.2) is 65.4 Å². The van der Waals surface area contributed by atoms with Gasteiger partial charge < -0.3 is 4.74 Å². The Bertz CT molecular complexity index is 950. The molecule has 0 saturated heterocycles. The Kier molecular flexibility index (Phi) is 5.79. The molecule has 6 heteroatoms. The summed E-state index contributed by atoms with van der Waals surface area (Å²) in [6.45, 7) is 7.74. The Hall–Kier alpha value is -2.34. The number of rotatable bonds is 5. The molecule has 0 spiro atoms. The third kappa shape index (κ3) is 4.22. The number of hydrogen-bond acceptors (Lipinski definition) is 3. The molecular weight excluding hydrogens is 377 g/mol. The number of ether oxygens (including phenoxy) is 1. The third-order valence-corrected chi connectivity index (χ3v) is 6.61. The summed E-state index contributed by atoms with van der Waals surface area (Å²) in [5.74, 6) is 0.417. The first kappa shape index (κ1) is 20.4. The van der Waals surface area contributed by atoms with E-state index in [0.29, 0.717) is 12.2 Å². The van der Waals surface area contributed by atoms with Crippen LogP contribution in [0.3, 0.4) is 0 Å². The zero-order chi connectivity index (χ0) is 20.5. The largest absolute Gasteiger partial charge is 0.487 e. The van der Waals surface area contributed by atoms with E-state index >= 15 is 0 Å². The van der Waals surface area contributed by atoms with E-state index in [2.05, 4.69) is 0 Å². The van der Waals surface area contributed by atoms with Crippen molar-refractivity contribution in [2.75, 3.05) is 0 Å². The number of hydrogen-bond donors (Lipinski definition) is 0. The van der Waals surface area contributed by atoms with Crippen molar-refractivity contribution in [3.05, 3.63) is 77.4 Å². The van der Waals surface area contributed by atoms with Gasteiger partial charge in [-0.2, -0.15) is 0 Å². The van der Waals surface area contributed by atoms with E-state index in [1.807, 2.05) is 20.8 Å². The van der Waals surface area contributed by atoms with Crippen LogP contribution in [0.1, 0.15) is 44.4 Å². The molecule has 0 saturated carbocycles. The Morgan fingerprint density at radius 3 is 2.21 bits per heavy atom. The summed E-state index contributed by atoms with van der Waals surface area (Å²) in [5, 5.41) is 0. The molecule has 0 aliphatic carbocycles. The van der Waals surface area contributed by atoms with Crippen LogP contribution in [0.25, 0.3) is 0 Å². The molecule has 0 fully saturated rings. The summed E-state index contributed by atoms with van der Waals surface area (Å²) in [6.07, 6.45) is 1.66. The molecule has 4 nitrogen and oxygen atoms in total. The number of allylic oxidation sites excluding steroid dienone is 1. The first-order valence-electron chi connectivity index (χ1n) is 9.39. The van der Waals surface area contributed by atoms with E-state index in [9.17, 15) is 12.8 Å². The summed E-state index contributed by atoms with van der Waals surface area (Å²) in [5.41, 5.74) is 1.75. The molecule has 0 amide bonds. The molecule has 1 heterocycles. The molecular formula is C22H26FNO3S. The zero-order valence-corrected chi connectivity index (χ0v) is 17.4. The van der Waals surface area contributed by atoms with Gasteiger partial charge in [0.25, 0.3) is 10.0 Å². The molecule has 1 aliphatic heterocycles. The van der Waals surface area contributed by atoms with Crippen molar-refractivity contribution in [3.63, 3.8) is 0 Å².